The van der Waals surface area contributed by atoms with Gasteiger partial charge >= 0.3 is 0 Å². The van der Waals surface area contributed by atoms with Gasteiger partial charge in [-0.2, -0.15) is 0 Å². The Bertz CT molecular complexity index is 350. The predicted octanol–water partition coefficient (Wildman–Crippen LogP) is 2.29. The first-order chi connectivity index (χ1) is 7.63. The number of rotatable bonds is 5. The largest absolute Gasteiger partial charge is 0.481 e. The zero-order valence-electron chi connectivity index (χ0n) is 10.1. The Morgan fingerprint density at radius 1 is 1.50 bits per heavy atom. The quantitative estimate of drug-likeness (QED) is 0.828. The summed E-state index contributed by atoms with van der Waals surface area (Å²) in [6, 6.07) is 7.69. The van der Waals surface area contributed by atoms with E-state index in [2.05, 4.69) is 5.32 Å². The van der Waals surface area contributed by atoms with Crippen molar-refractivity contribution in [3.63, 3.8) is 0 Å². The molecule has 0 unspecified atom stereocenters. The van der Waals surface area contributed by atoms with E-state index in [1.54, 1.807) is 6.92 Å². The molecular formula is C13H19NO2. The summed E-state index contributed by atoms with van der Waals surface area (Å²) in [6.07, 6.45) is 0.483. The molecule has 16 heavy (non-hydrogen) atoms. The Balaban J connectivity index is 2.50. The summed E-state index contributed by atoms with van der Waals surface area (Å²) in [7, 11) is 0. The molecule has 0 aliphatic heterocycles. The van der Waals surface area contributed by atoms with E-state index in [1.165, 1.54) is 0 Å². The van der Waals surface area contributed by atoms with E-state index < -0.39 is 6.10 Å². The Morgan fingerprint density at radius 2 is 2.25 bits per heavy atom. The highest BCUT2D eigenvalue weighted by Gasteiger charge is 2.13. The summed E-state index contributed by atoms with van der Waals surface area (Å²) >= 11 is 0. The van der Waals surface area contributed by atoms with E-state index in [1.807, 2.05) is 38.1 Å². The second-order valence-corrected chi connectivity index (χ2v) is 3.87. The molecule has 0 saturated carbocycles. The van der Waals surface area contributed by atoms with Crippen LogP contribution in [0.25, 0.3) is 0 Å². The summed E-state index contributed by atoms with van der Waals surface area (Å²) in [6.45, 7) is 6.47. The third-order valence-electron chi connectivity index (χ3n) is 2.22. The number of nitrogens with one attached hydrogen (secondary N) is 1. The molecule has 3 nitrogen and oxygen atoms in total. The first-order valence-corrected chi connectivity index (χ1v) is 5.64. The van der Waals surface area contributed by atoms with Crippen LogP contribution in [0.3, 0.4) is 0 Å². The minimum Gasteiger partial charge on any atom is -0.481 e. The van der Waals surface area contributed by atoms with E-state index in [0.717, 1.165) is 17.7 Å². The zero-order valence-corrected chi connectivity index (χ0v) is 10.1. The molecule has 0 bridgehead atoms. The van der Waals surface area contributed by atoms with Crippen LogP contribution in [0.1, 0.15) is 25.8 Å². The molecule has 3 heteroatoms. The highest BCUT2D eigenvalue weighted by molar-refractivity contribution is 5.80. The highest BCUT2D eigenvalue weighted by atomic mass is 16.5. The van der Waals surface area contributed by atoms with Crippen LogP contribution in [0.15, 0.2) is 24.3 Å². The van der Waals surface area contributed by atoms with E-state index in [0.29, 0.717) is 6.54 Å². The second-order valence-electron chi connectivity index (χ2n) is 3.87. The van der Waals surface area contributed by atoms with Crippen LogP contribution in [0, 0.1) is 6.92 Å². The molecule has 0 spiro atoms. The van der Waals surface area contributed by atoms with Gasteiger partial charge in [-0.15, -0.1) is 0 Å². The average molecular weight is 221 g/mol. The van der Waals surface area contributed by atoms with Gasteiger partial charge in [0, 0.05) is 6.54 Å². The molecule has 1 amide bonds. The maximum atomic E-state index is 11.6. The highest BCUT2D eigenvalue weighted by Crippen LogP contribution is 2.14. The number of carbonyl (C=O) groups excluding carboxylic acids is 1. The minimum absolute atomic E-state index is 0.0663. The molecule has 1 N–H and O–H groups in total. The van der Waals surface area contributed by atoms with E-state index in [9.17, 15) is 4.79 Å². The Labute approximate surface area is 96.8 Å². The van der Waals surface area contributed by atoms with Crippen LogP contribution in [-0.2, 0) is 4.79 Å². The number of ether oxygens (including phenoxy) is 1. The monoisotopic (exact) mass is 221 g/mol. The van der Waals surface area contributed by atoms with Crippen molar-refractivity contribution in [2.24, 2.45) is 0 Å². The van der Waals surface area contributed by atoms with Gasteiger partial charge in [-0.3, -0.25) is 4.79 Å². The predicted molar refractivity (Wildman–Crippen MR) is 64.6 cm³/mol. The van der Waals surface area contributed by atoms with Crippen LogP contribution in [0.4, 0.5) is 0 Å². The fraction of sp³-hybridized carbons (Fsp3) is 0.462. The smallest absolute Gasteiger partial charge is 0.260 e. The average Bonchev–Trinajstić information content (AvgIpc) is 2.25. The molecule has 1 aromatic carbocycles. The number of hydrogen-bond donors (Lipinski definition) is 1. The van der Waals surface area contributed by atoms with Gasteiger partial charge in [0.25, 0.3) is 5.91 Å². The molecular weight excluding hydrogens is 202 g/mol. The van der Waals surface area contributed by atoms with Crippen LogP contribution in [0.2, 0.25) is 0 Å². The number of carbonyl (C=O) groups is 1. The number of aryl methyl sites for hydroxylation is 1. The number of hydrogen-bond acceptors (Lipinski definition) is 2. The minimum atomic E-state index is -0.451. The van der Waals surface area contributed by atoms with Gasteiger partial charge in [0.2, 0.25) is 0 Å². The lowest BCUT2D eigenvalue weighted by molar-refractivity contribution is -0.127. The van der Waals surface area contributed by atoms with Gasteiger partial charge in [-0.1, -0.05) is 19.1 Å². The molecule has 1 aromatic rings. The van der Waals surface area contributed by atoms with Gasteiger partial charge < -0.3 is 10.1 Å². The van der Waals surface area contributed by atoms with Gasteiger partial charge in [0.1, 0.15) is 5.75 Å². The van der Waals surface area contributed by atoms with Crippen molar-refractivity contribution in [2.75, 3.05) is 6.54 Å². The molecule has 0 aliphatic rings. The van der Waals surface area contributed by atoms with E-state index >= 15 is 0 Å². The zero-order chi connectivity index (χ0) is 12.0. The fourth-order valence-electron chi connectivity index (χ4n) is 1.34. The topological polar surface area (TPSA) is 38.3 Å². The van der Waals surface area contributed by atoms with Crippen LogP contribution < -0.4 is 10.1 Å². The lowest BCUT2D eigenvalue weighted by Gasteiger charge is -2.14. The normalized spacial score (nSPS) is 11.9. The van der Waals surface area contributed by atoms with Gasteiger partial charge in [0.05, 0.1) is 0 Å². The van der Waals surface area contributed by atoms with Crippen LogP contribution >= 0.6 is 0 Å². The maximum Gasteiger partial charge on any atom is 0.260 e. The van der Waals surface area contributed by atoms with Crippen molar-refractivity contribution in [3.05, 3.63) is 29.8 Å². The number of amides is 1. The molecule has 1 atom stereocenters. The lowest BCUT2D eigenvalue weighted by atomic mass is 10.2. The Kier molecular flexibility index (Phi) is 4.83. The fourth-order valence-corrected chi connectivity index (χ4v) is 1.34. The molecule has 0 aromatic heterocycles. The first kappa shape index (κ1) is 12.6. The van der Waals surface area contributed by atoms with Crippen molar-refractivity contribution >= 4 is 5.91 Å². The third-order valence-corrected chi connectivity index (χ3v) is 2.22. The van der Waals surface area contributed by atoms with Crippen LogP contribution in [0.5, 0.6) is 5.75 Å². The molecule has 0 aliphatic carbocycles. The molecule has 0 saturated heterocycles. The molecule has 0 radical (unpaired) electrons. The molecule has 88 valence electrons. The van der Waals surface area contributed by atoms with Crippen LogP contribution in [-0.4, -0.2) is 18.6 Å². The second kappa shape index (κ2) is 6.16. The van der Waals surface area contributed by atoms with E-state index in [-0.39, 0.29) is 5.91 Å². The van der Waals surface area contributed by atoms with Crippen molar-refractivity contribution in [3.8, 4) is 5.75 Å². The van der Waals surface area contributed by atoms with Crippen molar-refractivity contribution in [1.29, 1.82) is 0 Å². The van der Waals surface area contributed by atoms with Gasteiger partial charge in [0.15, 0.2) is 6.10 Å². The van der Waals surface area contributed by atoms with Crippen molar-refractivity contribution in [2.45, 2.75) is 33.3 Å². The first-order valence-electron chi connectivity index (χ1n) is 5.64. The standard InChI is InChI=1S/C13H19NO2/c1-4-8-14-13(15)11(3)16-12-7-5-6-10(2)9-12/h5-7,9,11H,4,8H2,1-3H3,(H,14,15)/t11-/m1/s1. The van der Waals surface area contributed by atoms with Gasteiger partial charge in [-0.25, -0.2) is 0 Å². The summed E-state index contributed by atoms with van der Waals surface area (Å²) in [5.41, 5.74) is 1.12. The van der Waals surface area contributed by atoms with Crippen molar-refractivity contribution < 1.29 is 9.53 Å². The van der Waals surface area contributed by atoms with Gasteiger partial charge in [-0.05, 0) is 38.0 Å². The Hall–Kier alpha value is -1.51. The summed E-state index contributed by atoms with van der Waals surface area (Å²) in [5.74, 6) is 0.669. The molecule has 1 rings (SSSR count). The van der Waals surface area contributed by atoms with E-state index in [4.69, 9.17) is 4.74 Å². The number of benzene rings is 1. The summed E-state index contributed by atoms with van der Waals surface area (Å²) < 4.78 is 5.54. The molecule has 0 fully saturated rings. The molecule has 0 heterocycles. The summed E-state index contributed by atoms with van der Waals surface area (Å²) in [5, 5.41) is 2.80. The SMILES string of the molecule is CCCNC(=O)[C@@H](C)Oc1cccc(C)c1. The third kappa shape index (κ3) is 3.93. The lowest BCUT2D eigenvalue weighted by Crippen LogP contribution is -2.36. The van der Waals surface area contributed by atoms with Crippen molar-refractivity contribution in [1.82, 2.24) is 5.32 Å². The summed E-state index contributed by atoms with van der Waals surface area (Å²) in [4.78, 5) is 11.6. The maximum absolute atomic E-state index is 11.6. The Morgan fingerprint density at radius 3 is 2.88 bits per heavy atom.